The second-order valence-corrected chi connectivity index (χ2v) is 4.36. The van der Waals surface area contributed by atoms with Crippen molar-refractivity contribution >= 4 is 29.6 Å². The van der Waals surface area contributed by atoms with Gasteiger partial charge in [-0.05, 0) is 31.1 Å². The summed E-state index contributed by atoms with van der Waals surface area (Å²) in [6.45, 7) is 6.02. The van der Waals surface area contributed by atoms with Crippen molar-refractivity contribution in [2.75, 3.05) is 0 Å². The summed E-state index contributed by atoms with van der Waals surface area (Å²) in [5, 5.41) is 7.67. The van der Waals surface area contributed by atoms with E-state index in [0.29, 0.717) is 3.95 Å². The monoisotopic (exact) mass is 212 g/mol. The number of hydrogen-bond acceptors (Lipinski definition) is 3. The van der Waals surface area contributed by atoms with Crippen LogP contribution in [-0.2, 0) is 0 Å². The SMILES string of the molecule is C=C(CC)C/C=C/c1n[nH]c(=S)s1. The van der Waals surface area contributed by atoms with Crippen LogP contribution in [0.2, 0.25) is 0 Å². The molecule has 2 nitrogen and oxygen atoms in total. The number of nitrogens with zero attached hydrogens (tertiary/aromatic N) is 1. The van der Waals surface area contributed by atoms with Gasteiger partial charge in [-0.1, -0.05) is 36.5 Å². The molecule has 0 aliphatic heterocycles. The maximum Gasteiger partial charge on any atom is 0.176 e. The number of aromatic amines is 1. The van der Waals surface area contributed by atoms with Gasteiger partial charge in [-0.3, -0.25) is 5.10 Å². The Bertz CT molecular complexity index is 360. The van der Waals surface area contributed by atoms with Crippen molar-refractivity contribution in [2.45, 2.75) is 19.8 Å². The lowest BCUT2D eigenvalue weighted by molar-refractivity contribution is 1.04. The summed E-state index contributed by atoms with van der Waals surface area (Å²) in [6, 6.07) is 0. The van der Waals surface area contributed by atoms with E-state index in [0.717, 1.165) is 17.8 Å². The molecule has 0 spiro atoms. The standard InChI is InChI=1S/C9H12N2S2/c1-3-7(2)5-4-6-8-10-11-9(12)13-8/h4,6H,2-3,5H2,1H3,(H,11,12)/b6-4+. The van der Waals surface area contributed by atoms with Crippen LogP contribution < -0.4 is 0 Å². The molecule has 0 saturated heterocycles. The van der Waals surface area contributed by atoms with E-state index >= 15 is 0 Å². The predicted molar refractivity (Wildman–Crippen MR) is 60.4 cm³/mol. The Morgan fingerprint density at radius 2 is 2.54 bits per heavy atom. The van der Waals surface area contributed by atoms with Gasteiger partial charge in [0.05, 0.1) is 0 Å². The van der Waals surface area contributed by atoms with Crippen LogP contribution >= 0.6 is 23.6 Å². The Hall–Kier alpha value is -0.740. The largest absolute Gasteiger partial charge is 0.258 e. The molecule has 0 radical (unpaired) electrons. The molecule has 0 amide bonds. The number of allylic oxidation sites excluding steroid dienone is 2. The van der Waals surface area contributed by atoms with Crippen LogP contribution in [0.15, 0.2) is 18.2 Å². The van der Waals surface area contributed by atoms with Gasteiger partial charge in [-0.2, -0.15) is 5.10 Å². The molecule has 1 N–H and O–H groups in total. The molecule has 1 aromatic rings. The molecule has 0 aliphatic carbocycles. The zero-order chi connectivity index (χ0) is 9.68. The van der Waals surface area contributed by atoms with Gasteiger partial charge in [0.1, 0.15) is 5.01 Å². The first kappa shape index (κ1) is 10.3. The van der Waals surface area contributed by atoms with E-state index < -0.39 is 0 Å². The molecule has 0 bridgehead atoms. The van der Waals surface area contributed by atoms with Crippen LogP contribution in [-0.4, -0.2) is 10.2 Å². The fraction of sp³-hybridized carbons (Fsp3) is 0.333. The molecule has 1 heterocycles. The third kappa shape index (κ3) is 3.65. The highest BCUT2D eigenvalue weighted by Crippen LogP contribution is 2.09. The van der Waals surface area contributed by atoms with Gasteiger partial charge in [0.15, 0.2) is 3.95 Å². The molecule has 0 saturated carbocycles. The van der Waals surface area contributed by atoms with Gasteiger partial charge in [0.25, 0.3) is 0 Å². The molecule has 0 atom stereocenters. The summed E-state index contributed by atoms with van der Waals surface area (Å²) in [5.74, 6) is 0. The summed E-state index contributed by atoms with van der Waals surface area (Å²) in [5.41, 5.74) is 1.23. The second kappa shape index (κ2) is 5.09. The van der Waals surface area contributed by atoms with Crippen molar-refractivity contribution < 1.29 is 0 Å². The Morgan fingerprint density at radius 1 is 1.77 bits per heavy atom. The van der Waals surface area contributed by atoms with E-state index in [1.807, 2.05) is 6.08 Å². The highest BCUT2D eigenvalue weighted by Gasteiger charge is 1.90. The fourth-order valence-corrected chi connectivity index (χ4v) is 1.62. The second-order valence-electron chi connectivity index (χ2n) is 2.66. The summed E-state index contributed by atoms with van der Waals surface area (Å²) in [7, 11) is 0. The van der Waals surface area contributed by atoms with Crippen LogP contribution in [0.4, 0.5) is 0 Å². The summed E-state index contributed by atoms with van der Waals surface area (Å²) in [4.78, 5) is 0. The van der Waals surface area contributed by atoms with Crippen molar-refractivity contribution in [1.82, 2.24) is 10.2 Å². The highest BCUT2D eigenvalue weighted by molar-refractivity contribution is 7.73. The molecular formula is C9H12N2S2. The molecule has 70 valence electrons. The third-order valence-corrected chi connectivity index (χ3v) is 2.68. The molecule has 4 heteroatoms. The molecule has 1 rings (SSSR count). The summed E-state index contributed by atoms with van der Waals surface area (Å²) >= 11 is 6.39. The zero-order valence-electron chi connectivity index (χ0n) is 7.54. The zero-order valence-corrected chi connectivity index (χ0v) is 9.17. The van der Waals surface area contributed by atoms with Crippen molar-refractivity contribution in [3.63, 3.8) is 0 Å². The van der Waals surface area contributed by atoms with Crippen LogP contribution in [0.3, 0.4) is 0 Å². The number of H-pyrrole nitrogens is 1. The fourth-order valence-electron chi connectivity index (χ4n) is 0.783. The normalized spacial score (nSPS) is 10.8. The van der Waals surface area contributed by atoms with Crippen molar-refractivity contribution in [3.05, 3.63) is 27.2 Å². The van der Waals surface area contributed by atoms with Crippen molar-refractivity contribution in [1.29, 1.82) is 0 Å². The van der Waals surface area contributed by atoms with E-state index in [4.69, 9.17) is 12.2 Å². The lowest BCUT2D eigenvalue weighted by Crippen LogP contribution is -1.74. The van der Waals surface area contributed by atoms with Crippen LogP contribution in [0, 0.1) is 3.95 Å². The average molecular weight is 212 g/mol. The van der Waals surface area contributed by atoms with E-state index in [1.54, 1.807) is 0 Å². The van der Waals surface area contributed by atoms with Gasteiger partial charge in [-0.15, -0.1) is 0 Å². The first-order valence-electron chi connectivity index (χ1n) is 4.11. The maximum absolute atomic E-state index is 4.91. The van der Waals surface area contributed by atoms with Crippen LogP contribution in [0.25, 0.3) is 6.08 Å². The maximum atomic E-state index is 4.91. The Morgan fingerprint density at radius 3 is 3.08 bits per heavy atom. The Balaban J connectivity index is 2.49. The van der Waals surface area contributed by atoms with Gasteiger partial charge in [0, 0.05) is 0 Å². The molecule has 1 aromatic heterocycles. The minimum absolute atomic E-state index is 0.717. The number of rotatable bonds is 4. The topological polar surface area (TPSA) is 28.7 Å². The van der Waals surface area contributed by atoms with Crippen molar-refractivity contribution in [2.24, 2.45) is 0 Å². The highest BCUT2D eigenvalue weighted by atomic mass is 32.1. The van der Waals surface area contributed by atoms with Crippen molar-refractivity contribution in [3.8, 4) is 0 Å². The molecule has 0 fully saturated rings. The van der Waals surface area contributed by atoms with Gasteiger partial charge in [-0.25, -0.2) is 0 Å². The smallest absolute Gasteiger partial charge is 0.176 e. The quantitative estimate of drug-likeness (QED) is 0.610. The van der Waals surface area contributed by atoms with E-state index in [1.165, 1.54) is 16.9 Å². The van der Waals surface area contributed by atoms with Gasteiger partial charge >= 0.3 is 0 Å². The first-order valence-corrected chi connectivity index (χ1v) is 5.33. The Kier molecular flexibility index (Phi) is 4.05. The lowest BCUT2D eigenvalue weighted by atomic mass is 10.1. The molecule has 13 heavy (non-hydrogen) atoms. The molecule has 0 aliphatic rings. The minimum atomic E-state index is 0.717. The molecule has 0 unspecified atom stereocenters. The molecule has 0 aromatic carbocycles. The minimum Gasteiger partial charge on any atom is -0.258 e. The van der Waals surface area contributed by atoms with E-state index in [2.05, 4.69) is 29.8 Å². The average Bonchev–Trinajstić information content (AvgIpc) is 2.51. The predicted octanol–water partition coefficient (Wildman–Crippen LogP) is 3.57. The Labute approximate surface area is 87.0 Å². The van der Waals surface area contributed by atoms with Gasteiger partial charge < -0.3 is 0 Å². The van der Waals surface area contributed by atoms with Gasteiger partial charge in [0.2, 0.25) is 0 Å². The first-order chi connectivity index (χ1) is 6.22. The number of aromatic nitrogens is 2. The van der Waals surface area contributed by atoms with E-state index in [9.17, 15) is 0 Å². The molecular weight excluding hydrogens is 200 g/mol. The van der Waals surface area contributed by atoms with Crippen LogP contribution in [0.1, 0.15) is 24.8 Å². The lowest BCUT2D eigenvalue weighted by Gasteiger charge is -1.93. The van der Waals surface area contributed by atoms with Crippen LogP contribution in [0.5, 0.6) is 0 Å². The number of nitrogens with one attached hydrogen (secondary N) is 1. The summed E-state index contributed by atoms with van der Waals surface area (Å²) < 4.78 is 0.717. The van der Waals surface area contributed by atoms with E-state index in [-0.39, 0.29) is 0 Å². The third-order valence-electron chi connectivity index (χ3n) is 1.62. The summed E-state index contributed by atoms with van der Waals surface area (Å²) in [6.07, 6.45) is 5.98. The number of hydrogen-bond donors (Lipinski definition) is 1.